The predicted molar refractivity (Wildman–Crippen MR) is 81.7 cm³/mol. The molecular weight excluding hydrogens is 357 g/mol. The maximum Gasteiger partial charge on any atom is 0.322 e. The molecule has 0 saturated carbocycles. The van der Waals surface area contributed by atoms with Crippen LogP contribution in [0.3, 0.4) is 0 Å². The van der Waals surface area contributed by atoms with Crippen molar-refractivity contribution in [3.05, 3.63) is 70.5 Å². The maximum absolute atomic E-state index is 14.3. The van der Waals surface area contributed by atoms with Crippen molar-refractivity contribution in [1.29, 1.82) is 0 Å². The molecule has 1 aliphatic heterocycles. The third kappa shape index (κ3) is 2.94. The van der Waals surface area contributed by atoms with Crippen LogP contribution in [-0.2, 0) is 9.53 Å². The molecular formula is C18H14F5NO2. The van der Waals surface area contributed by atoms with E-state index in [4.69, 9.17) is 0 Å². The number of rotatable bonds is 3. The van der Waals surface area contributed by atoms with Crippen LogP contribution in [0.15, 0.2) is 30.3 Å². The monoisotopic (exact) mass is 371 g/mol. The lowest BCUT2D eigenvalue weighted by Gasteiger charge is -2.22. The molecule has 1 fully saturated rings. The average Bonchev–Trinajstić information content (AvgIpc) is 3.10. The molecule has 1 saturated heterocycles. The van der Waals surface area contributed by atoms with Gasteiger partial charge in [-0.2, -0.15) is 0 Å². The van der Waals surface area contributed by atoms with E-state index in [-0.39, 0.29) is 6.42 Å². The highest BCUT2D eigenvalue weighted by molar-refractivity contribution is 5.76. The Labute approximate surface area is 145 Å². The molecule has 3 atom stereocenters. The Morgan fingerprint density at radius 3 is 2.04 bits per heavy atom. The first-order valence-electron chi connectivity index (χ1n) is 7.77. The van der Waals surface area contributed by atoms with Crippen molar-refractivity contribution in [3.8, 4) is 0 Å². The minimum Gasteiger partial charge on any atom is -0.468 e. The first-order chi connectivity index (χ1) is 12.4. The summed E-state index contributed by atoms with van der Waals surface area (Å²) >= 11 is 0. The van der Waals surface area contributed by atoms with E-state index in [2.05, 4.69) is 10.1 Å². The van der Waals surface area contributed by atoms with Gasteiger partial charge in [0.15, 0.2) is 23.3 Å². The van der Waals surface area contributed by atoms with Crippen molar-refractivity contribution < 1.29 is 31.5 Å². The number of methoxy groups -OCH3 is 1. The molecule has 0 amide bonds. The van der Waals surface area contributed by atoms with Crippen LogP contribution in [0.2, 0.25) is 0 Å². The number of carbonyl (C=O) groups is 1. The van der Waals surface area contributed by atoms with Crippen LogP contribution in [0.4, 0.5) is 22.0 Å². The Balaban J connectivity index is 2.13. The molecule has 0 bridgehead atoms. The van der Waals surface area contributed by atoms with E-state index in [0.717, 1.165) is 7.11 Å². The van der Waals surface area contributed by atoms with Crippen LogP contribution in [0.5, 0.6) is 0 Å². The standard InChI is InChI=1S/C18H14F5NO2/c1-26-18(25)10-7-9(17(24-10)8-5-3-2-4-6-8)11-12(19)14(21)16(23)15(22)13(11)20/h2-6,9-10,17,24H,7H2,1H3/t9-,10-,17-/m1/s1. The highest BCUT2D eigenvalue weighted by atomic mass is 19.2. The number of benzene rings is 2. The van der Waals surface area contributed by atoms with Crippen molar-refractivity contribution in [2.75, 3.05) is 7.11 Å². The van der Waals surface area contributed by atoms with E-state index in [1.807, 2.05) is 0 Å². The lowest BCUT2D eigenvalue weighted by atomic mass is 9.86. The molecule has 8 heteroatoms. The molecule has 1 aliphatic rings. The van der Waals surface area contributed by atoms with Gasteiger partial charge in [-0.05, 0) is 12.0 Å². The summed E-state index contributed by atoms with van der Waals surface area (Å²) < 4.78 is 73.8. The Hall–Kier alpha value is -2.48. The Morgan fingerprint density at radius 1 is 0.962 bits per heavy atom. The molecule has 0 aliphatic carbocycles. The van der Waals surface area contributed by atoms with Crippen molar-refractivity contribution >= 4 is 5.97 Å². The van der Waals surface area contributed by atoms with Crippen LogP contribution in [-0.4, -0.2) is 19.1 Å². The van der Waals surface area contributed by atoms with E-state index >= 15 is 0 Å². The maximum atomic E-state index is 14.3. The van der Waals surface area contributed by atoms with Crippen LogP contribution < -0.4 is 5.32 Å². The second-order valence-corrected chi connectivity index (χ2v) is 5.96. The smallest absolute Gasteiger partial charge is 0.322 e. The van der Waals surface area contributed by atoms with Gasteiger partial charge in [-0.15, -0.1) is 0 Å². The minimum atomic E-state index is -2.21. The summed E-state index contributed by atoms with van der Waals surface area (Å²) in [4.78, 5) is 11.8. The van der Waals surface area contributed by atoms with Crippen molar-refractivity contribution in [2.24, 2.45) is 0 Å². The quantitative estimate of drug-likeness (QED) is 0.387. The van der Waals surface area contributed by atoms with Gasteiger partial charge in [0, 0.05) is 17.5 Å². The summed E-state index contributed by atoms with van der Waals surface area (Å²) in [6.07, 6.45) is -0.176. The molecule has 26 heavy (non-hydrogen) atoms. The first-order valence-corrected chi connectivity index (χ1v) is 7.77. The Kier molecular flexibility index (Phi) is 4.95. The largest absolute Gasteiger partial charge is 0.468 e. The molecule has 1 N–H and O–H groups in total. The predicted octanol–water partition coefficient (Wildman–Crippen LogP) is 3.74. The molecule has 2 aromatic carbocycles. The molecule has 0 unspecified atom stereocenters. The summed E-state index contributed by atoms with van der Waals surface area (Å²) in [5.74, 6) is -11.8. The fourth-order valence-electron chi connectivity index (χ4n) is 3.32. The van der Waals surface area contributed by atoms with Crippen LogP contribution >= 0.6 is 0 Å². The number of nitrogens with one attached hydrogen (secondary N) is 1. The van der Waals surface area contributed by atoms with E-state index < -0.39 is 58.6 Å². The number of ether oxygens (including phenoxy) is 1. The van der Waals surface area contributed by atoms with E-state index in [1.165, 1.54) is 0 Å². The zero-order chi connectivity index (χ0) is 19.0. The van der Waals surface area contributed by atoms with Gasteiger partial charge < -0.3 is 4.74 Å². The minimum absolute atomic E-state index is 0.176. The number of hydrogen-bond acceptors (Lipinski definition) is 3. The molecule has 3 nitrogen and oxygen atoms in total. The molecule has 0 aromatic heterocycles. The van der Waals surface area contributed by atoms with E-state index in [0.29, 0.717) is 5.56 Å². The second-order valence-electron chi connectivity index (χ2n) is 5.96. The SMILES string of the molecule is COC(=O)[C@H]1C[C@H](c2c(F)c(F)c(F)c(F)c2F)[C@@H](c2ccccc2)N1. The zero-order valence-electron chi connectivity index (χ0n) is 13.5. The third-order valence-electron chi connectivity index (χ3n) is 4.53. The first kappa shape index (κ1) is 18.3. The Morgan fingerprint density at radius 2 is 1.50 bits per heavy atom. The van der Waals surface area contributed by atoms with Gasteiger partial charge in [-0.1, -0.05) is 30.3 Å². The molecule has 2 aromatic rings. The number of esters is 1. The summed E-state index contributed by atoms with van der Waals surface area (Å²) in [7, 11) is 1.15. The molecule has 138 valence electrons. The van der Waals surface area contributed by atoms with Gasteiger partial charge >= 0.3 is 5.97 Å². The van der Waals surface area contributed by atoms with Crippen molar-refractivity contribution in [1.82, 2.24) is 5.32 Å². The van der Waals surface area contributed by atoms with Gasteiger partial charge in [-0.25, -0.2) is 22.0 Å². The van der Waals surface area contributed by atoms with Gasteiger partial charge in [0.05, 0.1) is 7.11 Å². The summed E-state index contributed by atoms with van der Waals surface area (Å²) in [6.45, 7) is 0. The van der Waals surface area contributed by atoms with Crippen LogP contribution in [0, 0.1) is 29.1 Å². The van der Waals surface area contributed by atoms with E-state index in [9.17, 15) is 26.7 Å². The fourth-order valence-corrected chi connectivity index (χ4v) is 3.32. The lowest BCUT2D eigenvalue weighted by molar-refractivity contribution is -0.142. The molecule has 0 spiro atoms. The Bertz CT molecular complexity index is 814. The summed E-state index contributed by atoms with van der Waals surface area (Å²) in [5.41, 5.74) is -0.387. The number of hydrogen-bond donors (Lipinski definition) is 1. The topological polar surface area (TPSA) is 38.3 Å². The van der Waals surface area contributed by atoms with E-state index in [1.54, 1.807) is 30.3 Å². The van der Waals surface area contributed by atoms with Gasteiger partial charge in [0.25, 0.3) is 0 Å². The average molecular weight is 371 g/mol. The van der Waals surface area contributed by atoms with Crippen LogP contribution in [0.25, 0.3) is 0 Å². The number of carbonyl (C=O) groups excluding carboxylic acids is 1. The number of halogens is 5. The third-order valence-corrected chi connectivity index (χ3v) is 4.53. The lowest BCUT2D eigenvalue weighted by Crippen LogP contribution is -2.33. The fraction of sp³-hybridized carbons (Fsp3) is 0.278. The molecule has 0 radical (unpaired) electrons. The highest BCUT2D eigenvalue weighted by Gasteiger charge is 2.43. The highest BCUT2D eigenvalue weighted by Crippen LogP contribution is 2.43. The van der Waals surface area contributed by atoms with Crippen molar-refractivity contribution in [2.45, 2.75) is 24.4 Å². The molecule has 3 rings (SSSR count). The van der Waals surface area contributed by atoms with Gasteiger partial charge in [0.1, 0.15) is 6.04 Å². The normalized spacial score (nSPS) is 22.5. The second kappa shape index (κ2) is 7.03. The summed E-state index contributed by atoms with van der Waals surface area (Å²) in [5, 5.41) is 2.87. The van der Waals surface area contributed by atoms with Crippen molar-refractivity contribution in [3.63, 3.8) is 0 Å². The molecule has 1 heterocycles. The summed E-state index contributed by atoms with van der Waals surface area (Å²) in [6, 6.07) is 6.55. The van der Waals surface area contributed by atoms with Gasteiger partial charge in [0.2, 0.25) is 5.82 Å². The zero-order valence-corrected chi connectivity index (χ0v) is 13.5. The van der Waals surface area contributed by atoms with Gasteiger partial charge in [-0.3, -0.25) is 10.1 Å². The van der Waals surface area contributed by atoms with Crippen LogP contribution in [0.1, 0.15) is 29.5 Å².